The molecule has 1 aromatic carbocycles. The van der Waals surface area contributed by atoms with Gasteiger partial charge >= 0.3 is 17.9 Å². The van der Waals surface area contributed by atoms with Gasteiger partial charge in [0.25, 0.3) is 5.95 Å². The fraction of sp³-hybridized carbons (Fsp3) is 0.333. The van der Waals surface area contributed by atoms with E-state index >= 15 is 0 Å². The quantitative estimate of drug-likeness (QED) is 0.797. The highest BCUT2D eigenvalue weighted by atomic mass is 19.4. The highest BCUT2D eigenvalue weighted by molar-refractivity contribution is 6.10. The Morgan fingerprint density at radius 1 is 1.30 bits per heavy atom. The molecule has 0 aliphatic carbocycles. The van der Waals surface area contributed by atoms with Gasteiger partial charge in [-0.05, 0) is 6.92 Å². The van der Waals surface area contributed by atoms with E-state index in [0.29, 0.717) is 5.56 Å². The summed E-state index contributed by atoms with van der Waals surface area (Å²) in [7, 11) is 1.13. The largest absolute Gasteiger partial charge is 0.469 e. The minimum atomic E-state index is -5.13. The fourth-order valence-corrected chi connectivity index (χ4v) is 1.92. The predicted molar refractivity (Wildman–Crippen MR) is 74.6 cm³/mol. The molecule has 1 aliphatic rings. The molecule has 1 aromatic rings. The van der Waals surface area contributed by atoms with Crippen molar-refractivity contribution in [2.24, 2.45) is 4.99 Å². The number of nitrogens with zero attached hydrogens (tertiary/aromatic N) is 1. The lowest BCUT2D eigenvalue weighted by Crippen LogP contribution is -2.55. The monoisotopic (exact) mass is 329 g/mol. The molecule has 5 nitrogen and oxygen atoms in total. The van der Waals surface area contributed by atoms with Gasteiger partial charge < -0.3 is 14.2 Å². The third kappa shape index (κ3) is 3.15. The number of carbonyl (C=O) groups excluding carboxylic acids is 1. The number of methoxy groups -OCH3 is 1. The molecular weight excluding hydrogens is 315 g/mol. The molecule has 0 spiro atoms. The first-order valence-electron chi connectivity index (χ1n) is 6.68. The van der Waals surface area contributed by atoms with Gasteiger partial charge in [-0.1, -0.05) is 30.3 Å². The van der Waals surface area contributed by atoms with Crippen LogP contribution in [0.15, 0.2) is 47.3 Å². The van der Waals surface area contributed by atoms with Crippen LogP contribution in [-0.4, -0.2) is 37.3 Å². The average molecular weight is 329 g/mol. The van der Waals surface area contributed by atoms with E-state index in [1.807, 2.05) is 0 Å². The number of alkyl halides is 3. The molecule has 1 unspecified atom stereocenters. The van der Waals surface area contributed by atoms with Crippen LogP contribution in [0.25, 0.3) is 0 Å². The Balaban J connectivity index is 2.60. The van der Waals surface area contributed by atoms with Crippen LogP contribution < -0.4 is 0 Å². The summed E-state index contributed by atoms with van der Waals surface area (Å²) in [4.78, 5) is 15.5. The SMILES string of the molecule is CCOC(=O)C1(C(F)(F)F)N=C(c2ccccc2)C=C(OC)O1. The number of aliphatic imine (C=N–C) groups is 1. The highest BCUT2D eigenvalue weighted by Crippen LogP contribution is 2.40. The van der Waals surface area contributed by atoms with Crippen molar-refractivity contribution in [1.29, 1.82) is 0 Å². The van der Waals surface area contributed by atoms with Crippen molar-refractivity contribution < 1.29 is 32.2 Å². The van der Waals surface area contributed by atoms with Gasteiger partial charge in [-0.25, -0.2) is 9.79 Å². The first-order valence-corrected chi connectivity index (χ1v) is 6.68. The van der Waals surface area contributed by atoms with E-state index in [1.54, 1.807) is 30.3 Å². The standard InChI is InChI=1S/C15H14F3NO4/c1-3-22-13(20)14(15(16,17)18)19-11(9-12(21-2)23-14)10-7-5-4-6-8-10/h4-9H,3H2,1-2H3. The van der Waals surface area contributed by atoms with Crippen molar-refractivity contribution in [2.45, 2.75) is 18.8 Å². The number of hydrogen-bond acceptors (Lipinski definition) is 5. The molecule has 0 saturated carbocycles. The summed E-state index contributed by atoms with van der Waals surface area (Å²) in [5, 5.41) is 0. The Bertz CT molecular complexity index is 640. The normalized spacial score (nSPS) is 20.9. The number of carbonyl (C=O) groups is 1. The molecule has 0 aromatic heterocycles. The maximum Gasteiger partial charge on any atom is 0.463 e. The van der Waals surface area contributed by atoms with Gasteiger partial charge in [0, 0.05) is 11.6 Å². The number of ether oxygens (including phenoxy) is 3. The Labute approximate surface area is 130 Å². The van der Waals surface area contributed by atoms with Crippen molar-refractivity contribution in [2.75, 3.05) is 13.7 Å². The Morgan fingerprint density at radius 2 is 1.96 bits per heavy atom. The van der Waals surface area contributed by atoms with Crippen LogP contribution >= 0.6 is 0 Å². The topological polar surface area (TPSA) is 57.1 Å². The summed E-state index contributed by atoms with van der Waals surface area (Å²) in [5.41, 5.74) is -3.21. The third-order valence-corrected chi connectivity index (χ3v) is 2.99. The third-order valence-electron chi connectivity index (χ3n) is 2.99. The Kier molecular flexibility index (Phi) is 4.63. The second kappa shape index (κ2) is 6.31. The number of rotatable bonds is 4. The van der Waals surface area contributed by atoms with Gasteiger partial charge in [-0.15, -0.1) is 0 Å². The lowest BCUT2D eigenvalue weighted by atomic mass is 10.1. The van der Waals surface area contributed by atoms with E-state index in [4.69, 9.17) is 9.47 Å². The van der Waals surface area contributed by atoms with Crippen molar-refractivity contribution in [3.05, 3.63) is 47.9 Å². The summed E-state index contributed by atoms with van der Waals surface area (Å²) >= 11 is 0. The van der Waals surface area contributed by atoms with Crippen molar-refractivity contribution in [3.63, 3.8) is 0 Å². The molecule has 2 rings (SSSR count). The lowest BCUT2D eigenvalue weighted by molar-refractivity contribution is -0.274. The second-order valence-corrected chi connectivity index (χ2v) is 4.49. The van der Waals surface area contributed by atoms with Crippen molar-refractivity contribution >= 4 is 11.7 Å². The van der Waals surface area contributed by atoms with Crippen LogP contribution in [0.5, 0.6) is 0 Å². The van der Waals surface area contributed by atoms with Crippen LogP contribution in [-0.2, 0) is 19.0 Å². The van der Waals surface area contributed by atoms with Gasteiger partial charge in [0.2, 0.25) is 0 Å². The molecule has 0 saturated heterocycles. The number of hydrogen-bond donors (Lipinski definition) is 0. The second-order valence-electron chi connectivity index (χ2n) is 4.49. The number of esters is 1. The van der Waals surface area contributed by atoms with Crippen LogP contribution in [0.2, 0.25) is 0 Å². The number of allylic oxidation sites excluding steroid dienone is 1. The van der Waals surface area contributed by atoms with Crippen LogP contribution in [0.1, 0.15) is 12.5 Å². The molecule has 0 amide bonds. The maximum absolute atomic E-state index is 13.6. The summed E-state index contributed by atoms with van der Waals surface area (Å²) in [6.45, 7) is 1.14. The van der Waals surface area contributed by atoms with Gasteiger partial charge in [-0.2, -0.15) is 13.2 Å². The molecule has 1 aliphatic heterocycles. The van der Waals surface area contributed by atoms with Crippen molar-refractivity contribution in [3.8, 4) is 0 Å². The van der Waals surface area contributed by atoms with Crippen molar-refractivity contribution in [1.82, 2.24) is 0 Å². The highest BCUT2D eigenvalue weighted by Gasteiger charge is 2.67. The fourth-order valence-electron chi connectivity index (χ4n) is 1.92. The van der Waals surface area contributed by atoms with Gasteiger partial charge in [-0.3, -0.25) is 0 Å². The van der Waals surface area contributed by atoms with E-state index in [0.717, 1.165) is 7.11 Å². The van der Waals surface area contributed by atoms with E-state index in [-0.39, 0.29) is 12.3 Å². The van der Waals surface area contributed by atoms with Gasteiger partial charge in [0.1, 0.15) is 0 Å². The molecular formula is C15H14F3NO4. The zero-order valence-corrected chi connectivity index (χ0v) is 12.4. The van der Waals surface area contributed by atoms with Crippen LogP contribution in [0, 0.1) is 0 Å². The van der Waals surface area contributed by atoms with E-state index in [1.165, 1.54) is 13.0 Å². The predicted octanol–water partition coefficient (Wildman–Crippen LogP) is 2.82. The minimum absolute atomic E-state index is 0.0981. The molecule has 124 valence electrons. The molecule has 8 heteroatoms. The molecule has 0 N–H and O–H groups in total. The Morgan fingerprint density at radius 3 is 2.48 bits per heavy atom. The number of halogens is 3. The zero-order chi connectivity index (χ0) is 17.1. The van der Waals surface area contributed by atoms with Crippen LogP contribution in [0.3, 0.4) is 0 Å². The molecule has 23 heavy (non-hydrogen) atoms. The average Bonchev–Trinajstić information content (AvgIpc) is 2.54. The van der Waals surface area contributed by atoms with E-state index < -0.39 is 23.8 Å². The first-order chi connectivity index (χ1) is 10.8. The molecule has 0 bridgehead atoms. The maximum atomic E-state index is 13.6. The minimum Gasteiger partial charge on any atom is -0.469 e. The summed E-state index contributed by atoms with van der Waals surface area (Å²) < 4.78 is 54.7. The van der Waals surface area contributed by atoms with E-state index in [9.17, 15) is 18.0 Å². The lowest BCUT2D eigenvalue weighted by Gasteiger charge is -2.33. The smallest absolute Gasteiger partial charge is 0.463 e. The first kappa shape index (κ1) is 16.9. The molecule has 0 radical (unpaired) electrons. The molecule has 0 fully saturated rings. The summed E-state index contributed by atoms with van der Waals surface area (Å²) in [6.07, 6.45) is -3.95. The molecule has 1 heterocycles. The van der Waals surface area contributed by atoms with Gasteiger partial charge in [0.05, 0.1) is 19.4 Å². The summed E-state index contributed by atoms with van der Waals surface area (Å²) in [6, 6.07) is 8.08. The van der Waals surface area contributed by atoms with Gasteiger partial charge in [0.15, 0.2) is 0 Å². The molecule has 1 atom stereocenters. The number of benzene rings is 1. The zero-order valence-electron chi connectivity index (χ0n) is 12.4. The Hall–Kier alpha value is -2.51. The van der Waals surface area contributed by atoms with E-state index in [2.05, 4.69) is 9.73 Å². The van der Waals surface area contributed by atoms with Crippen LogP contribution in [0.4, 0.5) is 13.2 Å². The summed E-state index contributed by atoms with van der Waals surface area (Å²) in [5.74, 6) is -2.13.